The van der Waals surface area contributed by atoms with Gasteiger partial charge in [0.05, 0.1) is 5.56 Å². The molecule has 0 aromatic heterocycles. The summed E-state index contributed by atoms with van der Waals surface area (Å²) in [6, 6.07) is 3.94. The van der Waals surface area contributed by atoms with Gasteiger partial charge in [-0.25, -0.2) is 4.99 Å². The number of amides is 1. The second kappa shape index (κ2) is 8.09. The molecule has 1 amide bonds. The number of alkyl halides is 3. The molecule has 21 heavy (non-hydrogen) atoms. The zero-order valence-electron chi connectivity index (χ0n) is 11.2. The topological polar surface area (TPSA) is 53.5 Å². The first-order valence-electron chi connectivity index (χ1n) is 5.67. The maximum atomic E-state index is 12.5. The van der Waals surface area contributed by atoms with Crippen LogP contribution in [0.4, 0.5) is 13.2 Å². The van der Waals surface area contributed by atoms with Crippen molar-refractivity contribution in [3.63, 3.8) is 0 Å². The fraction of sp³-hybridized carbons (Fsp3) is 0.333. The standard InChI is InChI=1S/C12H13ClF3N3O.ClH/c1-7(2)17-11(19-13)18-10(20)8-4-3-5-9(6-8)12(14,15)16;/h3-7H,1-2H3,(H2,17,18,19,20);1H. The summed E-state index contributed by atoms with van der Waals surface area (Å²) in [6.07, 6.45) is -4.50. The summed E-state index contributed by atoms with van der Waals surface area (Å²) in [6.45, 7) is 3.51. The van der Waals surface area contributed by atoms with E-state index in [1.54, 1.807) is 13.8 Å². The second-order valence-electron chi connectivity index (χ2n) is 4.20. The van der Waals surface area contributed by atoms with Crippen molar-refractivity contribution in [1.82, 2.24) is 10.2 Å². The van der Waals surface area contributed by atoms with Gasteiger partial charge in [-0.15, -0.1) is 12.4 Å². The molecule has 118 valence electrons. The first kappa shape index (κ1) is 19.5. The van der Waals surface area contributed by atoms with Gasteiger partial charge in [0.1, 0.15) is 0 Å². The molecule has 0 atom stereocenters. The summed E-state index contributed by atoms with van der Waals surface area (Å²) in [5, 5.41) is 2.29. The zero-order chi connectivity index (χ0) is 15.3. The molecule has 0 heterocycles. The number of aliphatic imine (C=N–C) groups is 1. The van der Waals surface area contributed by atoms with E-state index in [9.17, 15) is 18.0 Å². The van der Waals surface area contributed by atoms with Crippen LogP contribution in [0.15, 0.2) is 29.3 Å². The number of guanidine groups is 1. The number of rotatable bonds is 2. The maximum absolute atomic E-state index is 12.5. The third kappa shape index (κ3) is 6.22. The molecule has 0 aliphatic heterocycles. The van der Waals surface area contributed by atoms with Crippen LogP contribution in [-0.4, -0.2) is 17.9 Å². The van der Waals surface area contributed by atoms with E-state index in [1.807, 2.05) is 0 Å². The Morgan fingerprint density at radius 2 is 1.95 bits per heavy atom. The normalized spacial score (nSPS) is 11.9. The monoisotopic (exact) mass is 343 g/mol. The maximum Gasteiger partial charge on any atom is 0.416 e. The van der Waals surface area contributed by atoms with Crippen molar-refractivity contribution in [2.75, 3.05) is 0 Å². The lowest BCUT2D eigenvalue weighted by molar-refractivity contribution is -0.137. The molecule has 0 saturated carbocycles. The lowest BCUT2D eigenvalue weighted by Crippen LogP contribution is -2.37. The van der Waals surface area contributed by atoms with E-state index >= 15 is 0 Å². The van der Waals surface area contributed by atoms with Crippen LogP contribution in [0.2, 0.25) is 0 Å². The van der Waals surface area contributed by atoms with Crippen molar-refractivity contribution in [3.05, 3.63) is 35.4 Å². The Hall–Kier alpha value is -1.47. The van der Waals surface area contributed by atoms with Gasteiger partial charge in [-0.3, -0.25) is 14.9 Å². The first-order valence-corrected chi connectivity index (χ1v) is 6.05. The number of hydrogen-bond acceptors (Lipinski definition) is 2. The summed E-state index contributed by atoms with van der Waals surface area (Å²) in [5.74, 6) is -0.757. The smallest absolute Gasteiger partial charge is 0.292 e. The van der Waals surface area contributed by atoms with Crippen molar-refractivity contribution in [2.24, 2.45) is 4.99 Å². The van der Waals surface area contributed by atoms with E-state index in [0.717, 1.165) is 18.2 Å². The molecule has 0 unspecified atom stereocenters. The van der Waals surface area contributed by atoms with Crippen LogP contribution in [0.3, 0.4) is 0 Å². The van der Waals surface area contributed by atoms with E-state index in [0.29, 0.717) is 0 Å². The highest BCUT2D eigenvalue weighted by atomic mass is 35.5. The lowest BCUT2D eigenvalue weighted by Gasteiger charge is -2.10. The molecule has 1 aromatic rings. The minimum Gasteiger partial charge on any atom is -0.292 e. The van der Waals surface area contributed by atoms with Crippen LogP contribution in [-0.2, 0) is 6.18 Å². The molecule has 0 aliphatic rings. The fourth-order valence-electron chi connectivity index (χ4n) is 1.35. The number of nitrogens with zero attached hydrogens (tertiary/aromatic N) is 1. The van der Waals surface area contributed by atoms with Crippen LogP contribution >= 0.6 is 24.2 Å². The van der Waals surface area contributed by atoms with Crippen molar-refractivity contribution in [3.8, 4) is 0 Å². The van der Waals surface area contributed by atoms with Crippen LogP contribution in [0.5, 0.6) is 0 Å². The number of hydrogen-bond donors (Lipinski definition) is 2. The van der Waals surface area contributed by atoms with Crippen LogP contribution in [0, 0.1) is 0 Å². The highest BCUT2D eigenvalue weighted by Gasteiger charge is 2.30. The van der Waals surface area contributed by atoms with Gasteiger partial charge >= 0.3 is 6.18 Å². The molecule has 0 aliphatic carbocycles. The summed E-state index contributed by atoms with van der Waals surface area (Å²) < 4.78 is 37.6. The Balaban J connectivity index is 0.00000400. The highest BCUT2D eigenvalue weighted by Crippen LogP contribution is 2.29. The Morgan fingerprint density at radius 3 is 2.43 bits per heavy atom. The molecule has 1 rings (SSSR count). The van der Waals surface area contributed by atoms with Crippen LogP contribution < -0.4 is 10.2 Å². The molecule has 0 bridgehead atoms. The number of nitrogens with one attached hydrogen (secondary N) is 2. The average Bonchev–Trinajstić information content (AvgIpc) is 2.36. The zero-order valence-corrected chi connectivity index (χ0v) is 12.7. The highest BCUT2D eigenvalue weighted by molar-refractivity contribution is 6.24. The van der Waals surface area contributed by atoms with Crippen molar-refractivity contribution in [2.45, 2.75) is 26.1 Å². The quantitative estimate of drug-likeness (QED) is 0.491. The van der Waals surface area contributed by atoms with Gasteiger partial charge < -0.3 is 0 Å². The third-order valence-corrected chi connectivity index (χ3v) is 2.34. The minimum absolute atomic E-state index is 0. The average molecular weight is 344 g/mol. The summed E-state index contributed by atoms with van der Waals surface area (Å²) >= 11 is 5.37. The number of halogens is 5. The summed E-state index contributed by atoms with van der Waals surface area (Å²) in [5.41, 5.74) is -1.03. The van der Waals surface area contributed by atoms with Gasteiger partial charge in [0.2, 0.25) is 5.96 Å². The minimum atomic E-state index is -4.50. The molecule has 0 fully saturated rings. The van der Waals surface area contributed by atoms with E-state index in [2.05, 4.69) is 15.1 Å². The Labute approximate surface area is 131 Å². The molecule has 0 spiro atoms. The predicted molar refractivity (Wildman–Crippen MR) is 77.7 cm³/mol. The van der Waals surface area contributed by atoms with Gasteiger partial charge in [-0.05, 0) is 32.0 Å². The Bertz CT molecular complexity index is 519. The number of carbonyl (C=O) groups excluding carboxylic acids is 1. The molecule has 2 N–H and O–H groups in total. The third-order valence-electron chi connectivity index (χ3n) is 2.16. The van der Waals surface area contributed by atoms with Gasteiger partial charge in [0.25, 0.3) is 5.91 Å². The Morgan fingerprint density at radius 1 is 1.33 bits per heavy atom. The molecule has 0 radical (unpaired) electrons. The molecule has 4 nitrogen and oxygen atoms in total. The van der Waals surface area contributed by atoms with Crippen LogP contribution in [0.1, 0.15) is 29.8 Å². The van der Waals surface area contributed by atoms with Crippen molar-refractivity contribution < 1.29 is 18.0 Å². The first-order chi connectivity index (χ1) is 9.24. The molecule has 0 saturated heterocycles. The lowest BCUT2D eigenvalue weighted by atomic mass is 10.1. The second-order valence-corrected chi connectivity index (χ2v) is 4.39. The summed E-state index contributed by atoms with van der Waals surface area (Å²) in [7, 11) is 0. The van der Waals surface area contributed by atoms with Gasteiger partial charge in [-0.2, -0.15) is 13.2 Å². The van der Waals surface area contributed by atoms with E-state index in [1.165, 1.54) is 6.07 Å². The van der Waals surface area contributed by atoms with Crippen LogP contribution in [0.25, 0.3) is 0 Å². The number of benzene rings is 1. The molecule has 1 aromatic carbocycles. The van der Waals surface area contributed by atoms with Gasteiger partial charge in [-0.1, -0.05) is 6.07 Å². The van der Waals surface area contributed by atoms with E-state index in [-0.39, 0.29) is 30.0 Å². The number of carbonyl (C=O) groups is 1. The molecule has 9 heteroatoms. The molecular formula is C12H14Cl2F3N3O. The Kier molecular flexibility index (Phi) is 7.52. The molecular weight excluding hydrogens is 330 g/mol. The van der Waals surface area contributed by atoms with Gasteiger partial charge in [0, 0.05) is 23.4 Å². The fourth-order valence-corrected chi connectivity index (χ4v) is 1.45. The largest absolute Gasteiger partial charge is 0.416 e. The SMILES string of the molecule is CC(C)N=C(NCl)NC(=O)c1cccc(C(F)(F)F)c1.Cl. The van der Waals surface area contributed by atoms with Crippen molar-refractivity contribution in [1.29, 1.82) is 0 Å². The predicted octanol–water partition coefficient (Wildman–Crippen LogP) is 3.36. The van der Waals surface area contributed by atoms with E-state index in [4.69, 9.17) is 11.8 Å². The van der Waals surface area contributed by atoms with Crippen molar-refractivity contribution >= 4 is 36.1 Å². The van der Waals surface area contributed by atoms with E-state index < -0.39 is 17.6 Å². The van der Waals surface area contributed by atoms with Gasteiger partial charge in [0.15, 0.2) is 0 Å². The summed E-state index contributed by atoms with van der Waals surface area (Å²) in [4.78, 5) is 17.9.